The maximum absolute atomic E-state index is 12.0. The minimum Gasteiger partial charge on any atom is -0.390 e. The van der Waals surface area contributed by atoms with E-state index < -0.39 is 46.1 Å². The molecule has 5 atom stereocenters. The molecule has 0 bridgehead atoms. The van der Waals surface area contributed by atoms with E-state index in [9.17, 15) is 19.1 Å². The zero-order valence-electron chi connectivity index (χ0n) is 19.7. The Morgan fingerprint density at radius 3 is 2.76 bits per heavy atom. The molecule has 13 nitrogen and oxygen atoms in total. The zero-order valence-corrected chi connectivity index (χ0v) is 22.2. The van der Waals surface area contributed by atoms with Gasteiger partial charge in [-0.3, -0.25) is 9.13 Å². The van der Waals surface area contributed by atoms with Crippen LogP contribution in [0.1, 0.15) is 36.2 Å². The Kier molecular flexibility index (Phi) is 7.21. The normalized spacial score (nSPS) is 25.4. The molecule has 1 aromatic carbocycles. The molecule has 0 radical (unpaired) electrons. The Labute approximate surface area is 216 Å². The number of aliphatic hydroxyl groups is 1. The Morgan fingerprint density at radius 1 is 1.24 bits per heavy atom. The van der Waals surface area contributed by atoms with Crippen LogP contribution in [0.15, 0.2) is 30.5 Å². The molecule has 3 aromatic rings. The van der Waals surface area contributed by atoms with E-state index in [1.165, 1.54) is 15.8 Å². The second-order valence-electron chi connectivity index (χ2n) is 9.18. The third-order valence-electron chi connectivity index (χ3n) is 6.59. The second kappa shape index (κ2) is 10.00. The van der Waals surface area contributed by atoms with Crippen molar-refractivity contribution in [2.24, 2.45) is 0 Å². The minimum absolute atomic E-state index is 0.0134. The predicted octanol–water partition coefficient (Wildman–Crippen LogP) is 2.59. The molecule has 2 aliphatic rings. The number of anilines is 1. The highest BCUT2D eigenvalue weighted by Gasteiger charge is 2.39. The van der Waals surface area contributed by atoms with Gasteiger partial charge in [0.1, 0.15) is 11.9 Å². The molecule has 3 heterocycles. The van der Waals surface area contributed by atoms with Gasteiger partial charge in [-0.1, -0.05) is 24.3 Å². The predicted molar refractivity (Wildman–Crippen MR) is 133 cm³/mol. The van der Waals surface area contributed by atoms with Crippen LogP contribution in [0.25, 0.3) is 11.0 Å². The molecular formula is C21H26ClN5O8P2. The van der Waals surface area contributed by atoms with Gasteiger partial charge in [0.25, 0.3) is 0 Å². The van der Waals surface area contributed by atoms with Gasteiger partial charge in [0.05, 0.1) is 30.3 Å². The number of aliphatic hydroxyl groups excluding tert-OH is 1. The van der Waals surface area contributed by atoms with E-state index in [1.807, 2.05) is 19.2 Å². The van der Waals surface area contributed by atoms with Crippen LogP contribution < -0.4 is 4.90 Å². The van der Waals surface area contributed by atoms with Crippen molar-refractivity contribution in [3.05, 3.63) is 46.9 Å². The van der Waals surface area contributed by atoms with Crippen LogP contribution in [0.4, 0.5) is 5.82 Å². The smallest absolute Gasteiger partial charge is 0.340 e. The van der Waals surface area contributed by atoms with Crippen molar-refractivity contribution in [3.63, 3.8) is 0 Å². The van der Waals surface area contributed by atoms with E-state index in [4.69, 9.17) is 30.6 Å². The molecule has 0 saturated carbocycles. The minimum atomic E-state index is -4.77. The average Bonchev–Trinajstić information content (AvgIpc) is 3.51. The summed E-state index contributed by atoms with van der Waals surface area (Å²) in [4.78, 5) is 38.4. The highest BCUT2D eigenvalue weighted by atomic mass is 35.5. The number of aromatic nitrogens is 4. The van der Waals surface area contributed by atoms with Crippen LogP contribution in [-0.2, 0) is 24.8 Å². The third kappa shape index (κ3) is 5.61. The van der Waals surface area contributed by atoms with Gasteiger partial charge in [0.2, 0.25) is 5.28 Å². The quantitative estimate of drug-likeness (QED) is 0.229. The highest BCUT2D eigenvalue weighted by Crippen LogP contribution is 2.55. The fourth-order valence-corrected chi connectivity index (χ4v) is 7.66. The van der Waals surface area contributed by atoms with Crippen molar-refractivity contribution in [2.45, 2.75) is 43.7 Å². The molecule has 5 rings (SSSR count). The number of benzene rings is 1. The molecule has 37 heavy (non-hydrogen) atoms. The lowest BCUT2D eigenvalue weighted by Gasteiger charge is -2.27. The zero-order chi connectivity index (χ0) is 26.5. The summed E-state index contributed by atoms with van der Waals surface area (Å²) in [5.74, 6) is -0.729. The first-order chi connectivity index (χ1) is 17.4. The molecule has 1 fully saturated rings. The molecule has 0 spiro atoms. The van der Waals surface area contributed by atoms with Gasteiger partial charge in [0, 0.05) is 13.5 Å². The monoisotopic (exact) mass is 573 g/mol. The summed E-state index contributed by atoms with van der Waals surface area (Å²) < 4.78 is 35.1. The fourth-order valence-electron chi connectivity index (χ4n) is 4.93. The van der Waals surface area contributed by atoms with Gasteiger partial charge in [-0.2, -0.15) is 15.1 Å². The molecule has 1 unspecified atom stereocenters. The number of hydrogen-bond donors (Lipinski definition) is 4. The van der Waals surface area contributed by atoms with Crippen molar-refractivity contribution in [1.29, 1.82) is 0 Å². The number of hydrogen-bond acceptors (Lipinski definition) is 9. The fraction of sp³-hybridized carbons (Fsp3) is 0.476. The summed E-state index contributed by atoms with van der Waals surface area (Å²) in [6.07, 6.45) is 0.631. The van der Waals surface area contributed by atoms with E-state index in [1.54, 1.807) is 6.20 Å². The summed E-state index contributed by atoms with van der Waals surface area (Å²) >= 11 is 6.30. The Bertz CT molecular complexity index is 1420. The van der Waals surface area contributed by atoms with Crippen LogP contribution in [0.2, 0.25) is 5.28 Å². The Morgan fingerprint density at radius 2 is 2.00 bits per heavy atom. The largest absolute Gasteiger partial charge is 0.390 e. The van der Waals surface area contributed by atoms with E-state index >= 15 is 0 Å². The standard InChI is InChI=1S/C21H26ClN5O8P2/c1-26(15-7-6-12-4-2-3-5-13(12)15)19-14-9-23-27(20(14)25-21(22)24-19)18-8-16(28)17(35-18)10-34-37(32,33)11-36(29,30)31/h2-5,9,15-18,28H,6-8,10-11H2,1H3,(H,32,33)(H2,29,30,31)/t15-,16-,17+,18+/m0/s1. The molecule has 1 aliphatic heterocycles. The summed E-state index contributed by atoms with van der Waals surface area (Å²) in [6.45, 7) is -0.546. The topological polar surface area (TPSA) is 180 Å². The van der Waals surface area contributed by atoms with Crippen molar-refractivity contribution in [1.82, 2.24) is 19.7 Å². The molecule has 1 aliphatic carbocycles. The highest BCUT2D eigenvalue weighted by molar-refractivity contribution is 7.70. The number of rotatable bonds is 8. The molecule has 16 heteroatoms. The summed E-state index contributed by atoms with van der Waals surface area (Å²) in [6, 6.07) is 8.36. The summed E-state index contributed by atoms with van der Waals surface area (Å²) in [5, 5.41) is 15.5. The van der Waals surface area contributed by atoms with Gasteiger partial charge in [-0.15, -0.1) is 0 Å². The van der Waals surface area contributed by atoms with E-state index in [2.05, 4.69) is 32.1 Å². The number of nitrogens with zero attached hydrogens (tertiary/aromatic N) is 5. The van der Waals surface area contributed by atoms with E-state index in [-0.39, 0.29) is 17.7 Å². The number of fused-ring (bicyclic) bond motifs is 2. The summed E-state index contributed by atoms with van der Waals surface area (Å²) in [5.41, 5.74) is 2.91. The number of halogens is 1. The van der Waals surface area contributed by atoms with Crippen LogP contribution >= 0.6 is 26.8 Å². The van der Waals surface area contributed by atoms with Crippen LogP contribution in [0.5, 0.6) is 0 Å². The first kappa shape index (κ1) is 26.7. The third-order valence-corrected chi connectivity index (χ3v) is 10.2. The van der Waals surface area contributed by atoms with Crippen molar-refractivity contribution in [2.75, 3.05) is 24.5 Å². The maximum Gasteiger partial charge on any atom is 0.340 e. The van der Waals surface area contributed by atoms with Crippen LogP contribution in [-0.4, -0.2) is 71.3 Å². The SMILES string of the molecule is CN(c1nc(Cl)nc2c1cnn2[C@H]1C[C@H](O)[C@@H](COP(=O)(O)CP(=O)(O)O)O1)[C@H]1CCc2ccccc21. The molecule has 200 valence electrons. The van der Waals surface area contributed by atoms with Gasteiger partial charge in [0.15, 0.2) is 17.8 Å². The Hall–Kier alpha value is -1.92. The lowest BCUT2D eigenvalue weighted by molar-refractivity contribution is -0.0434. The van der Waals surface area contributed by atoms with E-state index in [0.29, 0.717) is 16.9 Å². The number of ether oxygens (including phenoxy) is 1. The molecule has 0 amide bonds. The lowest BCUT2D eigenvalue weighted by atomic mass is 10.1. The van der Waals surface area contributed by atoms with E-state index in [0.717, 1.165) is 12.8 Å². The van der Waals surface area contributed by atoms with Crippen molar-refractivity contribution >= 4 is 43.6 Å². The second-order valence-corrected chi connectivity index (χ2v) is 13.5. The first-order valence-electron chi connectivity index (χ1n) is 11.5. The molecule has 4 N–H and O–H groups in total. The van der Waals surface area contributed by atoms with Crippen LogP contribution in [0, 0.1) is 0 Å². The van der Waals surface area contributed by atoms with Gasteiger partial charge in [-0.05, 0) is 35.6 Å². The maximum atomic E-state index is 12.0. The van der Waals surface area contributed by atoms with Crippen molar-refractivity contribution < 1.29 is 38.2 Å². The molecule has 2 aromatic heterocycles. The van der Waals surface area contributed by atoms with Crippen LogP contribution in [0.3, 0.4) is 0 Å². The van der Waals surface area contributed by atoms with Gasteiger partial charge < -0.3 is 33.9 Å². The first-order valence-corrected chi connectivity index (χ1v) is 15.4. The lowest BCUT2D eigenvalue weighted by Crippen LogP contribution is -2.26. The van der Waals surface area contributed by atoms with Gasteiger partial charge >= 0.3 is 15.2 Å². The molecule has 1 saturated heterocycles. The average molecular weight is 574 g/mol. The van der Waals surface area contributed by atoms with Crippen molar-refractivity contribution in [3.8, 4) is 0 Å². The molecular weight excluding hydrogens is 548 g/mol. The van der Waals surface area contributed by atoms with Gasteiger partial charge in [-0.25, -0.2) is 4.68 Å². The number of aryl methyl sites for hydroxylation is 1. The Balaban J connectivity index is 1.36. The summed E-state index contributed by atoms with van der Waals surface area (Å²) in [7, 11) is -7.42.